The van der Waals surface area contributed by atoms with Crippen molar-refractivity contribution in [1.82, 2.24) is 5.32 Å². The van der Waals surface area contributed by atoms with Gasteiger partial charge >= 0.3 is 6.18 Å². The number of carbonyl (C=O) groups is 1. The minimum atomic E-state index is -5.19. The molecule has 0 radical (unpaired) electrons. The number of carbonyl (C=O) groups excluding carboxylic acids is 1. The molecule has 138 valence electrons. The zero-order valence-electron chi connectivity index (χ0n) is 12.8. The third-order valence-corrected chi connectivity index (χ3v) is 3.92. The van der Waals surface area contributed by atoms with Crippen molar-refractivity contribution in [3.63, 3.8) is 0 Å². The Bertz CT molecular complexity index is 513. The van der Waals surface area contributed by atoms with E-state index in [4.69, 9.17) is 9.90 Å². The molecular weight excluding hydrogens is 331 g/mol. The lowest BCUT2D eigenvalue weighted by atomic mass is 10.0. The van der Waals surface area contributed by atoms with Crippen LogP contribution in [-0.4, -0.2) is 49.3 Å². The Morgan fingerprint density at radius 2 is 1.58 bits per heavy atom. The maximum absolute atomic E-state index is 10.5. The Kier molecular flexibility index (Phi) is 8.14. The number of hydrogen-bond acceptors (Lipinski definition) is 5. The van der Waals surface area contributed by atoms with Crippen molar-refractivity contribution in [2.75, 3.05) is 31.1 Å². The second-order valence-electron chi connectivity index (χ2n) is 5.54. The number of anilines is 1. The van der Waals surface area contributed by atoms with Crippen LogP contribution in [0, 0.1) is 11.8 Å². The number of aliphatic carboxylic acids is 1. The summed E-state index contributed by atoms with van der Waals surface area (Å²) in [4.78, 5) is 11.3. The minimum Gasteiger partial charge on any atom is -0.870 e. The zero-order chi connectivity index (χ0) is 16.3. The Morgan fingerprint density at radius 1 is 1.17 bits per heavy atom. The number of halogens is 3. The van der Waals surface area contributed by atoms with Gasteiger partial charge in [-0.3, -0.25) is 0 Å². The van der Waals surface area contributed by atoms with Crippen molar-refractivity contribution in [1.29, 1.82) is 0 Å². The van der Waals surface area contributed by atoms with Crippen molar-refractivity contribution in [3.05, 3.63) is 24.3 Å². The summed E-state index contributed by atoms with van der Waals surface area (Å²) in [5.41, 5.74) is 6.37. The molecule has 0 amide bonds. The molecule has 0 aliphatic carbocycles. The molecule has 10 heteroatoms. The summed E-state index contributed by atoms with van der Waals surface area (Å²) < 4.78 is 31.5. The first kappa shape index (κ1) is 22.1. The first-order chi connectivity index (χ1) is 10.3. The van der Waals surface area contributed by atoms with Crippen molar-refractivity contribution in [3.8, 4) is 0 Å². The van der Waals surface area contributed by atoms with E-state index < -0.39 is 12.1 Å². The fourth-order valence-corrected chi connectivity index (χ4v) is 2.77. The molecule has 7 nitrogen and oxygen atoms in total. The van der Waals surface area contributed by atoms with Gasteiger partial charge in [0.05, 0.1) is 0 Å². The Labute approximate surface area is 136 Å². The lowest BCUT2D eigenvalue weighted by Gasteiger charge is -2.19. The maximum atomic E-state index is 10.5. The summed E-state index contributed by atoms with van der Waals surface area (Å²) in [6.07, 6.45) is -5.19. The molecular formula is C14H21F3N3O4-. The van der Waals surface area contributed by atoms with Crippen molar-refractivity contribution in [2.45, 2.75) is 6.18 Å². The molecule has 2 fully saturated rings. The molecule has 2 saturated heterocycles. The zero-order valence-corrected chi connectivity index (χ0v) is 12.8. The molecule has 0 aromatic heterocycles. The molecule has 24 heavy (non-hydrogen) atoms. The van der Waals surface area contributed by atoms with E-state index in [2.05, 4.69) is 40.2 Å². The minimum absolute atomic E-state index is 0. The van der Waals surface area contributed by atoms with Crippen molar-refractivity contribution >= 4 is 17.3 Å². The van der Waals surface area contributed by atoms with Gasteiger partial charge < -0.3 is 36.8 Å². The van der Waals surface area contributed by atoms with Crippen LogP contribution in [0.4, 0.5) is 24.5 Å². The topological polar surface area (TPSA) is 145 Å². The van der Waals surface area contributed by atoms with Gasteiger partial charge in [-0.15, -0.1) is 0 Å². The van der Waals surface area contributed by atoms with Gasteiger partial charge in [-0.25, -0.2) is 0 Å². The average Bonchev–Trinajstić information content (AvgIpc) is 3.00. The first-order valence-electron chi connectivity index (χ1n) is 6.93. The summed E-state index contributed by atoms with van der Waals surface area (Å²) in [6, 6.07) is 8.58. The standard InChI is InChI=1S/C12H17N3.C2HF3O2.2H2O/c13-11-1-3-12(4-2-11)15-7-9-5-14-6-10(9)8-15;3-2(4,5)1(6)7;;/h1-4,9-10,14H,5-8,13H2;(H,6,7);2*1H2/p-1/t9-,10-;;;/m0.../s1. The molecule has 0 saturated carbocycles. The number of hydrogen-bond donors (Lipinski definition) is 2. The fourth-order valence-electron chi connectivity index (χ4n) is 2.77. The van der Waals surface area contributed by atoms with Gasteiger partial charge in [0, 0.05) is 44.0 Å². The summed E-state index contributed by atoms with van der Waals surface area (Å²) in [5.74, 6) is -1.28. The monoisotopic (exact) mass is 352 g/mol. The van der Waals surface area contributed by atoms with E-state index in [1.54, 1.807) is 0 Å². The fraction of sp³-hybridized carbons (Fsp3) is 0.500. The Morgan fingerprint density at radius 3 is 1.96 bits per heavy atom. The van der Waals surface area contributed by atoms with E-state index >= 15 is 0 Å². The van der Waals surface area contributed by atoms with E-state index in [0.29, 0.717) is 0 Å². The molecule has 0 spiro atoms. The summed E-state index contributed by atoms with van der Waals surface area (Å²) in [6.45, 7) is 4.84. The van der Waals surface area contributed by atoms with Crippen LogP contribution in [0.5, 0.6) is 0 Å². The molecule has 0 unspecified atom stereocenters. The normalized spacial score (nSPS) is 21.8. The maximum Gasteiger partial charge on any atom is 0.430 e. The quantitative estimate of drug-likeness (QED) is 0.633. The van der Waals surface area contributed by atoms with Crippen LogP contribution >= 0.6 is 0 Å². The highest BCUT2D eigenvalue weighted by Crippen LogP contribution is 2.30. The number of fused-ring (bicyclic) bond motifs is 1. The third-order valence-electron chi connectivity index (χ3n) is 3.92. The van der Waals surface area contributed by atoms with Crippen LogP contribution in [0.25, 0.3) is 0 Å². The van der Waals surface area contributed by atoms with Crippen LogP contribution in [0.1, 0.15) is 0 Å². The van der Waals surface area contributed by atoms with E-state index in [1.165, 1.54) is 31.9 Å². The molecule has 7 N–H and O–H groups in total. The average molecular weight is 352 g/mol. The van der Waals surface area contributed by atoms with Crippen LogP contribution in [-0.2, 0) is 4.79 Å². The lowest BCUT2D eigenvalue weighted by Crippen LogP contribution is -2.40. The molecule has 2 atom stereocenters. The largest absolute Gasteiger partial charge is 0.870 e. The van der Waals surface area contributed by atoms with Gasteiger partial charge in [-0.05, 0) is 24.0 Å². The van der Waals surface area contributed by atoms with Gasteiger partial charge in [0.1, 0.15) is 11.7 Å². The van der Waals surface area contributed by atoms with E-state index in [9.17, 15) is 13.2 Å². The molecule has 1 aromatic carbocycles. The number of carboxylic acids is 1. The number of quaternary nitrogens is 1. The molecule has 0 bridgehead atoms. The van der Waals surface area contributed by atoms with Gasteiger partial charge in [0.2, 0.25) is 0 Å². The smallest absolute Gasteiger partial charge is 0.430 e. The molecule has 1 aromatic rings. The highest BCUT2D eigenvalue weighted by molar-refractivity contribution is 5.70. The van der Waals surface area contributed by atoms with E-state index in [0.717, 1.165) is 17.5 Å². The number of carboxylic acid groups (broad SMARTS) is 1. The van der Waals surface area contributed by atoms with Crippen LogP contribution in [0.15, 0.2) is 24.3 Å². The predicted molar refractivity (Wildman–Crippen MR) is 77.7 cm³/mol. The Balaban J connectivity index is 0.000000516. The van der Waals surface area contributed by atoms with Crippen molar-refractivity contribution in [2.24, 2.45) is 11.8 Å². The van der Waals surface area contributed by atoms with E-state index in [-0.39, 0.29) is 11.0 Å². The number of benzene rings is 1. The second-order valence-corrected chi connectivity index (χ2v) is 5.54. The Hall–Kier alpha value is -1.88. The highest BCUT2D eigenvalue weighted by atomic mass is 19.4. The van der Waals surface area contributed by atoms with Crippen molar-refractivity contribution < 1.29 is 39.8 Å². The van der Waals surface area contributed by atoms with Gasteiger partial charge in [-0.1, -0.05) is 0 Å². The van der Waals surface area contributed by atoms with Gasteiger partial charge in [0.15, 0.2) is 0 Å². The second kappa shape index (κ2) is 8.83. The highest BCUT2D eigenvalue weighted by Gasteiger charge is 2.36. The van der Waals surface area contributed by atoms with E-state index in [1.807, 2.05) is 0 Å². The van der Waals surface area contributed by atoms with Crippen LogP contribution < -0.4 is 21.1 Å². The third kappa shape index (κ3) is 5.64. The van der Waals surface area contributed by atoms with Crippen LogP contribution in [0.3, 0.4) is 0 Å². The molecule has 2 aliphatic rings. The van der Waals surface area contributed by atoms with Crippen LogP contribution in [0.2, 0.25) is 0 Å². The number of nitrogens with one attached hydrogen (secondary N) is 1. The predicted octanol–water partition coefficient (Wildman–Crippen LogP) is -1.49. The summed E-state index contributed by atoms with van der Waals surface area (Å²) >= 11 is 0. The molecule has 3 rings (SSSR count). The van der Waals surface area contributed by atoms with Gasteiger partial charge in [0.25, 0.3) is 0 Å². The lowest BCUT2D eigenvalue weighted by molar-refractivity contribution is -0.344. The number of rotatable bonds is 1. The summed E-state index contributed by atoms with van der Waals surface area (Å²) in [5, 5.41) is 12.3. The number of nitrogens with zero attached hydrogens (tertiary/aromatic N) is 1. The SMILES string of the molecule is O.O=C([O-])C(F)(F)F.[NH3+]c1ccc(N2C[C@@H]3CNC[C@H]3C2)cc1.[OH-]. The summed E-state index contributed by atoms with van der Waals surface area (Å²) in [7, 11) is 0. The van der Waals surface area contributed by atoms with Gasteiger partial charge in [-0.2, -0.15) is 13.2 Å². The number of alkyl halides is 3. The molecule has 2 heterocycles. The molecule has 2 aliphatic heterocycles. The first-order valence-corrected chi connectivity index (χ1v) is 6.93.